The molecule has 0 aliphatic rings. The highest BCUT2D eigenvalue weighted by Gasteiger charge is 2.12. The van der Waals surface area contributed by atoms with Gasteiger partial charge >= 0.3 is 0 Å². The van der Waals surface area contributed by atoms with Gasteiger partial charge in [-0.1, -0.05) is 16.8 Å². The number of hydrogen-bond donors (Lipinski definition) is 2. The van der Waals surface area contributed by atoms with Crippen molar-refractivity contribution in [1.82, 2.24) is 5.16 Å². The predicted molar refractivity (Wildman–Crippen MR) is 82.9 cm³/mol. The molecule has 0 fully saturated rings. The fourth-order valence-electron chi connectivity index (χ4n) is 2.11. The second-order valence-corrected chi connectivity index (χ2v) is 5.32. The number of carbonyl (C=O) groups excluding carboxylic acids is 2. The van der Waals surface area contributed by atoms with Gasteiger partial charge in [0.2, 0.25) is 11.8 Å². The molecule has 1 aromatic heterocycles. The number of anilines is 1. The Morgan fingerprint density at radius 3 is 2.64 bits per heavy atom. The summed E-state index contributed by atoms with van der Waals surface area (Å²) in [5.41, 5.74) is 7.63. The minimum atomic E-state index is -0.610. The molecule has 1 heterocycles. The van der Waals surface area contributed by atoms with Crippen molar-refractivity contribution in [2.75, 3.05) is 5.32 Å². The van der Waals surface area contributed by atoms with E-state index in [-0.39, 0.29) is 22.9 Å². The molecule has 7 heteroatoms. The van der Waals surface area contributed by atoms with E-state index in [1.807, 2.05) is 13.8 Å². The molecule has 2 rings (SSSR count). The Morgan fingerprint density at radius 1 is 1.36 bits per heavy atom. The second-order valence-electron chi connectivity index (χ2n) is 4.91. The van der Waals surface area contributed by atoms with Gasteiger partial charge in [0.15, 0.2) is 0 Å². The summed E-state index contributed by atoms with van der Waals surface area (Å²) in [5, 5.41) is 6.78. The minimum absolute atomic E-state index is 0.164. The topological polar surface area (TPSA) is 98.2 Å². The molecule has 0 aliphatic carbocycles. The lowest BCUT2D eigenvalue weighted by molar-refractivity contribution is -0.116. The van der Waals surface area contributed by atoms with E-state index in [1.165, 1.54) is 12.1 Å². The van der Waals surface area contributed by atoms with E-state index in [2.05, 4.69) is 10.5 Å². The lowest BCUT2D eigenvalue weighted by Gasteiger charge is -2.07. The number of amides is 2. The van der Waals surface area contributed by atoms with E-state index in [9.17, 15) is 9.59 Å². The van der Waals surface area contributed by atoms with Gasteiger partial charge in [-0.25, -0.2) is 0 Å². The van der Waals surface area contributed by atoms with E-state index < -0.39 is 5.91 Å². The summed E-state index contributed by atoms with van der Waals surface area (Å²) in [4.78, 5) is 23.1. The van der Waals surface area contributed by atoms with Crippen LogP contribution < -0.4 is 11.1 Å². The molecule has 0 bridgehead atoms. The van der Waals surface area contributed by atoms with E-state index in [4.69, 9.17) is 21.9 Å². The summed E-state index contributed by atoms with van der Waals surface area (Å²) in [6.07, 6.45) is 0.832. The number of benzene rings is 1. The number of aromatic nitrogens is 1. The number of nitrogens with one attached hydrogen (secondary N) is 1. The van der Waals surface area contributed by atoms with Gasteiger partial charge in [0.25, 0.3) is 0 Å². The summed E-state index contributed by atoms with van der Waals surface area (Å²) >= 11 is 5.93. The van der Waals surface area contributed by atoms with Crippen LogP contribution in [0.25, 0.3) is 0 Å². The molecule has 0 saturated carbocycles. The third-order valence-electron chi connectivity index (χ3n) is 3.30. The zero-order chi connectivity index (χ0) is 16.3. The Kier molecular flexibility index (Phi) is 4.82. The number of aryl methyl sites for hydroxylation is 2. The number of nitrogens with zero attached hydrogens (tertiary/aromatic N) is 1. The van der Waals surface area contributed by atoms with Crippen LogP contribution in [0, 0.1) is 13.8 Å². The number of hydrogen-bond acceptors (Lipinski definition) is 4. The fraction of sp³-hybridized carbons (Fsp3) is 0.267. The van der Waals surface area contributed by atoms with Crippen molar-refractivity contribution in [2.24, 2.45) is 5.73 Å². The maximum absolute atomic E-state index is 12.0. The molecule has 0 saturated heterocycles. The monoisotopic (exact) mass is 321 g/mol. The van der Waals surface area contributed by atoms with Crippen LogP contribution in [0.3, 0.4) is 0 Å². The first-order valence-corrected chi connectivity index (χ1v) is 7.07. The number of nitrogens with two attached hydrogens (primary N) is 1. The Bertz CT molecular complexity index is 705. The number of rotatable bonds is 5. The van der Waals surface area contributed by atoms with Gasteiger partial charge in [-0.05, 0) is 38.5 Å². The van der Waals surface area contributed by atoms with Crippen LogP contribution in [0.1, 0.15) is 33.8 Å². The van der Waals surface area contributed by atoms with Crippen molar-refractivity contribution in [3.63, 3.8) is 0 Å². The summed E-state index contributed by atoms with van der Waals surface area (Å²) in [5.74, 6) is -0.0525. The number of carbonyl (C=O) groups is 2. The molecule has 116 valence electrons. The van der Waals surface area contributed by atoms with Gasteiger partial charge in [-0.15, -0.1) is 0 Å². The SMILES string of the molecule is Cc1noc(C)c1CCC(=O)Nc1ccc(C(N)=O)c(Cl)c1. The average molecular weight is 322 g/mol. The Labute approximate surface area is 132 Å². The van der Waals surface area contributed by atoms with Crippen molar-refractivity contribution < 1.29 is 14.1 Å². The van der Waals surface area contributed by atoms with Gasteiger partial charge in [0.05, 0.1) is 16.3 Å². The zero-order valence-electron chi connectivity index (χ0n) is 12.3. The van der Waals surface area contributed by atoms with Crippen LogP contribution in [0.5, 0.6) is 0 Å². The van der Waals surface area contributed by atoms with Crippen LogP contribution in [0.15, 0.2) is 22.7 Å². The van der Waals surface area contributed by atoms with Crippen LogP contribution in [-0.4, -0.2) is 17.0 Å². The average Bonchev–Trinajstić information content (AvgIpc) is 2.75. The van der Waals surface area contributed by atoms with Gasteiger partial charge in [0, 0.05) is 17.7 Å². The van der Waals surface area contributed by atoms with Gasteiger partial charge in [0.1, 0.15) is 5.76 Å². The first-order valence-electron chi connectivity index (χ1n) is 6.69. The van der Waals surface area contributed by atoms with Crippen molar-refractivity contribution in [2.45, 2.75) is 26.7 Å². The first kappa shape index (κ1) is 16.0. The van der Waals surface area contributed by atoms with E-state index >= 15 is 0 Å². The molecule has 22 heavy (non-hydrogen) atoms. The van der Waals surface area contributed by atoms with Crippen LogP contribution in [-0.2, 0) is 11.2 Å². The lowest BCUT2D eigenvalue weighted by Crippen LogP contribution is -2.14. The van der Waals surface area contributed by atoms with Crippen molar-refractivity contribution in [3.05, 3.63) is 45.8 Å². The highest BCUT2D eigenvalue weighted by atomic mass is 35.5. The maximum Gasteiger partial charge on any atom is 0.250 e. The number of halogens is 1. The molecular formula is C15H16ClN3O3. The normalized spacial score (nSPS) is 10.5. The van der Waals surface area contributed by atoms with Crippen molar-refractivity contribution in [1.29, 1.82) is 0 Å². The largest absolute Gasteiger partial charge is 0.366 e. The summed E-state index contributed by atoms with van der Waals surface area (Å²) < 4.78 is 5.05. The molecular weight excluding hydrogens is 306 g/mol. The highest BCUT2D eigenvalue weighted by Crippen LogP contribution is 2.21. The summed E-state index contributed by atoms with van der Waals surface area (Å²) in [6.45, 7) is 3.65. The molecule has 2 amide bonds. The predicted octanol–water partition coefficient (Wildman–Crippen LogP) is 2.62. The van der Waals surface area contributed by atoms with Crippen LogP contribution in [0.2, 0.25) is 5.02 Å². The molecule has 0 radical (unpaired) electrons. The Balaban J connectivity index is 1.98. The third kappa shape index (κ3) is 3.65. The molecule has 1 aromatic carbocycles. The Hall–Kier alpha value is -2.34. The molecule has 0 aliphatic heterocycles. The standard InChI is InChI=1S/C15H16ClN3O3/c1-8-11(9(2)22-19-8)5-6-14(20)18-10-3-4-12(15(17)21)13(16)7-10/h3-4,7H,5-6H2,1-2H3,(H2,17,21)(H,18,20). The number of primary amides is 1. The van der Waals surface area contributed by atoms with Crippen molar-refractivity contribution in [3.8, 4) is 0 Å². The van der Waals surface area contributed by atoms with Crippen LogP contribution in [0.4, 0.5) is 5.69 Å². The quantitative estimate of drug-likeness (QED) is 0.884. The van der Waals surface area contributed by atoms with Crippen molar-refractivity contribution >= 4 is 29.1 Å². The molecule has 0 spiro atoms. The molecule has 0 unspecified atom stereocenters. The van der Waals surface area contributed by atoms with E-state index in [0.717, 1.165) is 17.0 Å². The van der Waals surface area contributed by atoms with E-state index in [0.29, 0.717) is 12.1 Å². The summed E-state index contributed by atoms with van der Waals surface area (Å²) in [6, 6.07) is 4.56. The first-order chi connectivity index (χ1) is 10.4. The fourth-order valence-corrected chi connectivity index (χ4v) is 2.39. The van der Waals surface area contributed by atoms with Crippen LogP contribution >= 0.6 is 11.6 Å². The van der Waals surface area contributed by atoms with Gasteiger partial charge < -0.3 is 15.6 Å². The third-order valence-corrected chi connectivity index (χ3v) is 3.61. The molecule has 0 atom stereocenters. The molecule has 3 N–H and O–H groups in total. The van der Waals surface area contributed by atoms with E-state index in [1.54, 1.807) is 6.07 Å². The Morgan fingerprint density at radius 2 is 2.09 bits per heavy atom. The molecule has 6 nitrogen and oxygen atoms in total. The highest BCUT2D eigenvalue weighted by molar-refractivity contribution is 6.34. The van der Waals surface area contributed by atoms with Gasteiger partial charge in [-0.2, -0.15) is 0 Å². The van der Waals surface area contributed by atoms with Gasteiger partial charge in [-0.3, -0.25) is 9.59 Å². The smallest absolute Gasteiger partial charge is 0.250 e. The summed E-state index contributed by atoms with van der Waals surface area (Å²) in [7, 11) is 0. The minimum Gasteiger partial charge on any atom is -0.366 e. The second kappa shape index (κ2) is 6.62. The maximum atomic E-state index is 12.0. The zero-order valence-corrected chi connectivity index (χ0v) is 13.0. The lowest BCUT2D eigenvalue weighted by atomic mass is 10.1. The molecule has 2 aromatic rings.